The van der Waals surface area contributed by atoms with E-state index in [0.717, 1.165) is 19.8 Å². The van der Waals surface area contributed by atoms with Crippen LogP contribution in [0, 0.1) is 11.3 Å². The normalized spacial score (nSPS) is 16.1. The fourth-order valence-electron chi connectivity index (χ4n) is 3.59. The third-order valence-electron chi connectivity index (χ3n) is 5.56. The number of nitrogens with one attached hydrogen (secondary N) is 3. The third kappa shape index (κ3) is 6.03. The summed E-state index contributed by atoms with van der Waals surface area (Å²) in [6.45, 7) is 1.54. The summed E-state index contributed by atoms with van der Waals surface area (Å²) in [6, 6.07) is 10.8. The lowest BCUT2D eigenvalue weighted by Crippen LogP contribution is -2.45. The third-order valence-corrected chi connectivity index (χ3v) is 5.56. The van der Waals surface area contributed by atoms with Crippen molar-refractivity contribution in [3.8, 4) is 0 Å². The summed E-state index contributed by atoms with van der Waals surface area (Å²) in [5, 5.41) is 12.7. The Bertz CT molecular complexity index is 1020. The number of alkyl halides is 3. The first-order valence-electron chi connectivity index (χ1n) is 10.6. The highest BCUT2D eigenvalue weighted by Gasteiger charge is 2.44. The first kappa shape index (κ1) is 24.1. The van der Waals surface area contributed by atoms with Gasteiger partial charge in [0.15, 0.2) is 0 Å². The number of hydrogen-bond donors (Lipinski definition) is 4. The summed E-state index contributed by atoms with van der Waals surface area (Å²) >= 11 is 0. The molecule has 5 N–H and O–H groups in total. The van der Waals surface area contributed by atoms with Crippen molar-refractivity contribution >= 4 is 34.7 Å². The minimum atomic E-state index is -4.62. The Labute approximate surface area is 189 Å². The zero-order chi connectivity index (χ0) is 24.2. The molecular weight excluding hydrogens is 435 g/mol. The average Bonchev–Trinajstić information content (AvgIpc) is 2.77. The molecule has 3 rings (SSSR count). The quantitative estimate of drug-likeness (QED) is 0.367. The van der Waals surface area contributed by atoms with Crippen molar-refractivity contribution in [2.24, 2.45) is 11.7 Å². The molecule has 0 spiro atoms. The second-order valence-corrected chi connectivity index (χ2v) is 7.99. The standard InChI is InChI=1S/C23H26F3N5O2/c1-14(23(24,25)26)20(29-17-6-4-5-15(13-17)21(27)28)22(33)30-16-8-10-18(11-9-16)31-12-3-2-7-19(31)32/h4-6,8-11,13-14,20,29H,2-3,7,12H2,1H3,(H3,27,28)(H,30,33). The SMILES string of the molecule is CC(C(Nc1cccc(C(=N)N)c1)C(=O)Nc1ccc(N2CCCCC2=O)cc1)C(F)(F)F. The predicted molar refractivity (Wildman–Crippen MR) is 121 cm³/mol. The van der Waals surface area contributed by atoms with E-state index in [4.69, 9.17) is 11.1 Å². The highest BCUT2D eigenvalue weighted by atomic mass is 19.4. The molecule has 1 fully saturated rings. The molecule has 0 aliphatic carbocycles. The van der Waals surface area contributed by atoms with Crippen LogP contribution in [0.4, 0.5) is 30.2 Å². The molecule has 0 saturated carbocycles. The molecule has 0 bridgehead atoms. The molecule has 10 heteroatoms. The highest BCUT2D eigenvalue weighted by molar-refractivity contribution is 5.99. The first-order valence-corrected chi connectivity index (χ1v) is 10.6. The number of amides is 2. The number of nitrogens with two attached hydrogens (primary N) is 1. The van der Waals surface area contributed by atoms with E-state index in [1.807, 2.05) is 0 Å². The van der Waals surface area contributed by atoms with Gasteiger partial charge in [-0.25, -0.2) is 0 Å². The lowest BCUT2D eigenvalue weighted by molar-refractivity contribution is -0.175. The molecule has 0 aromatic heterocycles. The molecule has 2 aromatic carbocycles. The van der Waals surface area contributed by atoms with E-state index >= 15 is 0 Å². The van der Waals surface area contributed by atoms with Crippen molar-refractivity contribution in [3.05, 3.63) is 54.1 Å². The van der Waals surface area contributed by atoms with E-state index in [2.05, 4.69) is 10.6 Å². The Kier molecular flexibility index (Phi) is 7.25. The van der Waals surface area contributed by atoms with Crippen LogP contribution < -0.4 is 21.3 Å². The number of rotatable bonds is 7. The molecule has 2 atom stereocenters. The summed E-state index contributed by atoms with van der Waals surface area (Å²) in [5.41, 5.74) is 7.00. The smallest absolute Gasteiger partial charge is 0.384 e. The van der Waals surface area contributed by atoms with E-state index < -0.39 is 24.0 Å². The van der Waals surface area contributed by atoms with Crippen LogP contribution in [0.3, 0.4) is 0 Å². The minimum absolute atomic E-state index is 0.0223. The molecule has 176 valence electrons. The topological polar surface area (TPSA) is 111 Å². The number of amidine groups is 1. The zero-order valence-corrected chi connectivity index (χ0v) is 18.1. The summed E-state index contributed by atoms with van der Waals surface area (Å²) in [6.07, 6.45) is -2.39. The maximum absolute atomic E-state index is 13.5. The van der Waals surface area contributed by atoms with Gasteiger partial charge in [-0.2, -0.15) is 13.2 Å². The van der Waals surface area contributed by atoms with Crippen molar-refractivity contribution < 1.29 is 22.8 Å². The van der Waals surface area contributed by atoms with Gasteiger partial charge in [-0.1, -0.05) is 19.1 Å². The van der Waals surface area contributed by atoms with Gasteiger partial charge in [-0.05, 0) is 49.2 Å². The van der Waals surface area contributed by atoms with Crippen molar-refractivity contribution in [1.82, 2.24) is 0 Å². The molecule has 1 aliphatic rings. The largest absolute Gasteiger partial charge is 0.394 e. The van der Waals surface area contributed by atoms with Gasteiger partial charge in [0.05, 0.1) is 5.92 Å². The monoisotopic (exact) mass is 461 g/mol. The molecule has 1 heterocycles. The van der Waals surface area contributed by atoms with Crippen LogP contribution in [0.15, 0.2) is 48.5 Å². The average molecular weight is 461 g/mol. The van der Waals surface area contributed by atoms with Gasteiger partial charge in [0, 0.05) is 35.6 Å². The predicted octanol–water partition coefficient (Wildman–Crippen LogP) is 4.11. The fourth-order valence-corrected chi connectivity index (χ4v) is 3.59. The van der Waals surface area contributed by atoms with Crippen LogP contribution in [0.1, 0.15) is 31.7 Å². The van der Waals surface area contributed by atoms with Crippen LogP contribution in [0.5, 0.6) is 0 Å². The summed E-state index contributed by atoms with van der Waals surface area (Å²) in [5.74, 6) is -3.08. The zero-order valence-electron chi connectivity index (χ0n) is 18.1. The van der Waals surface area contributed by atoms with E-state index in [0.29, 0.717) is 29.9 Å². The van der Waals surface area contributed by atoms with Crippen LogP contribution in [-0.4, -0.2) is 36.4 Å². The van der Waals surface area contributed by atoms with Gasteiger partial charge in [0.2, 0.25) is 11.8 Å². The van der Waals surface area contributed by atoms with E-state index in [-0.39, 0.29) is 17.4 Å². The molecule has 1 saturated heterocycles. The Balaban J connectivity index is 1.78. The minimum Gasteiger partial charge on any atom is -0.384 e. The number of anilines is 3. The number of benzene rings is 2. The van der Waals surface area contributed by atoms with Crippen molar-refractivity contribution in [2.45, 2.75) is 38.4 Å². The van der Waals surface area contributed by atoms with Crippen LogP contribution in [0.2, 0.25) is 0 Å². The molecule has 0 radical (unpaired) electrons. The lowest BCUT2D eigenvalue weighted by Gasteiger charge is -2.28. The molecule has 1 aliphatic heterocycles. The Morgan fingerprint density at radius 3 is 2.42 bits per heavy atom. The van der Waals surface area contributed by atoms with Gasteiger partial charge < -0.3 is 21.3 Å². The summed E-state index contributed by atoms with van der Waals surface area (Å²) in [7, 11) is 0. The van der Waals surface area contributed by atoms with E-state index in [1.165, 1.54) is 18.2 Å². The molecule has 33 heavy (non-hydrogen) atoms. The van der Waals surface area contributed by atoms with Gasteiger partial charge in [0.1, 0.15) is 11.9 Å². The van der Waals surface area contributed by atoms with Gasteiger partial charge >= 0.3 is 6.18 Å². The van der Waals surface area contributed by atoms with Crippen molar-refractivity contribution in [2.75, 3.05) is 22.1 Å². The molecule has 2 aromatic rings. The summed E-state index contributed by atoms with van der Waals surface area (Å²) < 4.78 is 40.5. The number of hydrogen-bond acceptors (Lipinski definition) is 4. The lowest BCUT2D eigenvalue weighted by atomic mass is 9.99. The number of carbonyl (C=O) groups excluding carboxylic acids is 2. The molecule has 7 nitrogen and oxygen atoms in total. The van der Waals surface area contributed by atoms with Crippen LogP contribution in [0.25, 0.3) is 0 Å². The number of piperidine rings is 1. The number of nitrogens with zero attached hydrogens (tertiary/aromatic N) is 1. The molecule has 2 amide bonds. The van der Waals surface area contributed by atoms with Gasteiger partial charge in [-0.15, -0.1) is 0 Å². The fraction of sp³-hybridized carbons (Fsp3) is 0.348. The molecular formula is C23H26F3N5O2. The number of carbonyl (C=O) groups is 2. The Morgan fingerprint density at radius 2 is 1.82 bits per heavy atom. The van der Waals surface area contributed by atoms with Gasteiger partial charge in [-0.3, -0.25) is 15.0 Å². The van der Waals surface area contributed by atoms with Crippen LogP contribution >= 0.6 is 0 Å². The van der Waals surface area contributed by atoms with E-state index in [9.17, 15) is 22.8 Å². The maximum Gasteiger partial charge on any atom is 0.394 e. The van der Waals surface area contributed by atoms with Crippen LogP contribution in [-0.2, 0) is 9.59 Å². The molecule has 2 unspecified atom stereocenters. The number of halogens is 3. The van der Waals surface area contributed by atoms with Crippen molar-refractivity contribution in [1.29, 1.82) is 5.41 Å². The van der Waals surface area contributed by atoms with E-state index in [1.54, 1.807) is 35.2 Å². The number of nitrogen functional groups attached to an aromatic ring is 1. The highest BCUT2D eigenvalue weighted by Crippen LogP contribution is 2.31. The Morgan fingerprint density at radius 1 is 1.12 bits per heavy atom. The maximum atomic E-state index is 13.5. The van der Waals surface area contributed by atoms with Crippen molar-refractivity contribution in [3.63, 3.8) is 0 Å². The summed E-state index contributed by atoms with van der Waals surface area (Å²) in [4.78, 5) is 26.6. The second kappa shape index (κ2) is 9.93. The second-order valence-electron chi connectivity index (χ2n) is 7.99. The van der Waals surface area contributed by atoms with Gasteiger partial charge in [0.25, 0.3) is 0 Å². The first-order chi connectivity index (χ1) is 15.6. The Hall–Kier alpha value is -3.56.